The molecule has 0 unspecified atom stereocenters. The highest BCUT2D eigenvalue weighted by molar-refractivity contribution is 5.71. The van der Waals surface area contributed by atoms with E-state index in [1.54, 1.807) is 14.2 Å². The Balaban J connectivity index is 1.58. The second-order valence-corrected chi connectivity index (χ2v) is 11.7. The third-order valence-corrected chi connectivity index (χ3v) is 10.8. The van der Waals surface area contributed by atoms with Crippen LogP contribution in [0.2, 0.25) is 0 Å². The molecule has 6 rings (SSSR count). The molecule has 0 radical (unpaired) electrons. The maximum atomic E-state index is 12.6. The molecular formula is C26H37NO7. The monoisotopic (exact) mass is 475 g/mol. The first-order chi connectivity index (χ1) is 16.3. The zero-order chi connectivity index (χ0) is 24.0. The largest absolute Gasteiger partial charge is 0.462 e. The standard InChI is InChI=1S/C26H37NO7/c1-13(28)33-22-15-8-16-21(22)25(34-14(2)29,10-18(15)31-4)17-9-19-24(12-30-3)7-6-20(32-5)26(16,19)23(17)27-11-24/h11,15-23H,6-10,12H2,1-5H3/t15-,16-,17+,18+,19-,20+,21-,22+,23+,24+,25+,26-/m1/s1. The van der Waals surface area contributed by atoms with Crippen LogP contribution in [0.4, 0.5) is 0 Å². The Morgan fingerprint density at radius 2 is 1.85 bits per heavy atom. The fraction of sp³-hybridized carbons (Fsp3) is 0.885. The molecule has 0 saturated heterocycles. The van der Waals surface area contributed by atoms with E-state index in [9.17, 15) is 9.59 Å². The average molecular weight is 476 g/mol. The average Bonchev–Trinajstić information content (AvgIpc) is 3.19. The Kier molecular flexibility index (Phi) is 5.05. The van der Waals surface area contributed by atoms with Gasteiger partial charge in [0.05, 0.1) is 24.9 Å². The van der Waals surface area contributed by atoms with E-state index in [-0.39, 0.29) is 70.8 Å². The van der Waals surface area contributed by atoms with Gasteiger partial charge in [-0.1, -0.05) is 0 Å². The van der Waals surface area contributed by atoms with Gasteiger partial charge in [0.2, 0.25) is 0 Å². The Morgan fingerprint density at radius 3 is 2.50 bits per heavy atom. The number of carbonyl (C=O) groups excluding carboxylic acids is 2. The first-order valence-corrected chi connectivity index (χ1v) is 12.7. The summed E-state index contributed by atoms with van der Waals surface area (Å²) >= 11 is 0. The van der Waals surface area contributed by atoms with Crippen molar-refractivity contribution in [1.82, 2.24) is 0 Å². The molecule has 0 aromatic rings. The lowest BCUT2D eigenvalue weighted by molar-refractivity contribution is -0.246. The van der Waals surface area contributed by atoms with Crippen LogP contribution in [0.25, 0.3) is 0 Å². The molecule has 188 valence electrons. The summed E-state index contributed by atoms with van der Waals surface area (Å²) < 4.78 is 30.5. The number of esters is 2. The summed E-state index contributed by atoms with van der Waals surface area (Å²) in [6.07, 6.45) is 6.09. The molecule has 5 fully saturated rings. The van der Waals surface area contributed by atoms with Crippen LogP contribution in [0.5, 0.6) is 0 Å². The quantitative estimate of drug-likeness (QED) is 0.545. The molecule has 5 saturated carbocycles. The fourth-order valence-electron chi connectivity index (χ4n) is 10.3. The maximum Gasteiger partial charge on any atom is 0.303 e. The molecule has 12 atom stereocenters. The second kappa shape index (κ2) is 7.50. The predicted molar refractivity (Wildman–Crippen MR) is 121 cm³/mol. The van der Waals surface area contributed by atoms with Crippen LogP contribution in [-0.4, -0.2) is 76.0 Å². The van der Waals surface area contributed by atoms with Gasteiger partial charge in [-0.15, -0.1) is 0 Å². The normalized spacial score (nSPS) is 53.5. The van der Waals surface area contributed by atoms with Crippen LogP contribution in [-0.2, 0) is 33.3 Å². The van der Waals surface area contributed by atoms with Crippen molar-refractivity contribution in [3.8, 4) is 0 Å². The highest BCUT2D eigenvalue weighted by Gasteiger charge is 2.84. The van der Waals surface area contributed by atoms with E-state index in [4.69, 9.17) is 28.7 Å². The van der Waals surface area contributed by atoms with Gasteiger partial charge in [-0.25, -0.2) is 0 Å². The van der Waals surface area contributed by atoms with Crippen molar-refractivity contribution in [2.75, 3.05) is 27.9 Å². The fourth-order valence-corrected chi connectivity index (χ4v) is 10.3. The molecule has 0 aromatic carbocycles. The van der Waals surface area contributed by atoms with Crippen molar-refractivity contribution in [3.05, 3.63) is 0 Å². The van der Waals surface area contributed by atoms with Crippen molar-refractivity contribution < 1.29 is 33.3 Å². The summed E-state index contributed by atoms with van der Waals surface area (Å²) in [5, 5.41) is 0. The molecule has 0 N–H and O–H groups in total. The predicted octanol–water partition coefficient (Wildman–Crippen LogP) is 2.42. The summed E-state index contributed by atoms with van der Waals surface area (Å²) in [7, 11) is 5.31. The highest BCUT2D eigenvalue weighted by Crippen LogP contribution is 2.79. The zero-order valence-electron chi connectivity index (χ0n) is 20.8. The molecule has 8 heteroatoms. The molecule has 0 aromatic heterocycles. The molecule has 1 aliphatic heterocycles. The summed E-state index contributed by atoms with van der Waals surface area (Å²) in [5.74, 6) is -0.0724. The van der Waals surface area contributed by atoms with E-state index in [1.807, 2.05) is 7.11 Å². The van der Waals surface area contributed by atoms with E-state index in [0.717, 1.165) is 25.7 Å². The summed E-state index contributed by atoms with van der Waals surface area (Å²) in [6, 6.07) is 0.0145. The van der Waals surface area contributed by atoms with Gasteiger partial charge >= 0.3 is 11.9 Å². The SMILES string of the molecule is COC[C@]12C=N[C@H]3[C@@H]4C[C@H]1[C@@]3([C@@H](OC)CC2)[C@@H]1C[C@H]2[C@H](OC(C)=O)[C@@H]1[C@]4(OC(C)=O)C[C@@H]2OC. The Morgan fingerprint density at radius 1 is 1.06 bits per heavy atom. The van der Waals surface area contributed by atoms with Gasteiger partial charge in [-0.05, 0) is 37.5 Å². The summed E-state index contributed by atoms with van der Waals surface area (Å²) in [5.41, 5.74) is -1.09. The van der Waals surface area contributed by atoms with E-state index >= 15 is 0 Å². The molecule has 8 nitrogen and oxygen atoms in total. The van der Waals surface area contributed by atoms with E-state index in [0.29, 0.717) is 18.9 Å². The minimum Gasteiger partial charge on any atom is -0.462 e. The van der Waals surface area contributed by atoms with Crippen molar-refractivity contribution >= 4 is 18.2 Å². The Bertz CT molecular complexity index is 923. The van der Waals surface area contributed by atoms with Crippen LogP contribution in [0.15, 0.2) is 4.99 Å². The van der Waals surface area contributed by atoms with Crippen molar-refractivity contribution in [3.63, 3.8) is 0 Å². The number of hydrogen-bond acceptors (Lipinski definition) is 8. The number of rotatable bonds is 6. The van der Waals surface area contributed by atoms with Crippen molar-refractivity contribution in [2.24, 2.45) is 45.4 Å². The smallest absolute Gasteiger partial charge is 0.303 e. The van der Waals surface area contributed by atoms with Crippen molar-refractivity contribution in [2.45, 2.75) is 75.9 Å². The lowest BCUT2D eigenvalue weighted by atomic mass is 9.44. The number of aliphatic imine (C=N–C) groups is 1. The van der Waals surface area contributed by atoms with Gasteiger partial charge in [0.15, 0.2) is 0 Å². The number of fused-ring (bicyclic) bond motifs is 2. The third-order valence-electron chi connectivity index (χ3n) is 10.8. The van der Waals surface area contributed by atoms with Gasteiger partial charge in [0, 0.05) is 76.4 Å². The molecule has 5 aliphatic carbocycles. The lowest BCUT2D eigenvalue weighted by Crippen LogP contribution is -2.71. The molecular weight excluding hydrogens is 438 g/mol. The molecule has 6 aliphatic rings. The molecule has 1 spiro atoms. The molecule has 0 amide bonds. The van der Waals surface area contributed by atoms with E-state index in [1.165, 1.54) is 13.8 Å². The van der Waals surface area contributed by atoms with E-state index in [2.05, 4.69) is 6.21 Å². The summed E-state index contributed by atoms with van der Waals surface area (Å²) in [6.45, 7) is 3.59. The van der Waals surface area contributed by atoms with Crippen LogP contribution < -0.4 is 0 Å². The minimum absolute atomic E-state index is 0.0145. The van der Waals surface area contributed by atoms with Crippen LogP contribution >= 0.6 is 0 Å². The number of ether oxygens (including phenoxy) is 5. The molecule has 34 heavy (non-hydrogen) atoms. The third kappa shape index (κ3) is 2.52. The Hall–Kier alpha value is -1.51. The highest BCUT2D eigenvalue weighted by atomic mass is 16.6. The molecule has 1 heterocycles. The zero-order valence-corrected chi connectivity index (χ0v) is 20.8. The topological polar surface area (TPSA) is 92.6 Å². The van der Waals surface area contributed by atoms with Crippen LogP contribution in [0, 0.1) is 40.4 Å². The van der Waals surface area contributed by atoms with Gasteiger partial charge in [-0.3, -0.25) is 14.6 Å². The number of methoxy groups -OCH3 is 3. The first kappa shape index (κ1) is 22.9. The van der Waals surface area contributed by atoms with E-state index < -0.39 is 5.60 Å². The number of hydrogen-bond donors (Lipinski definition) is 0. The van der Waals surface area contributed by atoms with Gasteiger partial charge in [0.1, 0.15) is 11.7 Å². The van der Waals surface area contributed by atoms with Gasteiger partial charge in [-0.2, -0.15) is 0 Å². The van der Waals surface area contributed by atoms with Crippen LogP contribution in [0.1, 0.15) is 46.0 Å². The van der Waals surface area contributed by atoms with Crippen molar-refractivity contribution in [1.29, 1.82) is 0 Å². The number of nitrogens with zero attached hydrogens (tertiary/aromatic N) is 1. The van der Waals surface area contributed by atoms with Gasteiger partial charge < -0.3 is 23.7 Å². The number of carbonyl (C=O) groups is 2. The summed E-state index contributed by atoms with van der Waals surface area (Å²) in [4.78, 5) is 30.2. The molecule has 7 bridgehead atoms. The maximum absolute atomic E-state index is 12.6. The Labute approximate surface area is 201 Å². The lowest BCUT2D eigenvalue weighted by Gasteiger charge is -2.64. The van der Waals surface area contributed by atoms with Crippen LogP contribution in [0.3, 0.4) is 0 Å². The second-order valence-electron chi connectivity index (χ2n) is 11.7. The minimum atomic E-state index is -0.768. The first-order valence-electron chi connectivity index (χ1n) is 12.7. The van der Waals surface area contributed by atoms with Gasteiger partial charge in [0.25, 0.3) is 0 Å².